The number of nitrogens with two attached hydrogens (primary N) is 1. The smallest absolute Gasteiger partial charge is 0.321 e. The van der Waals surface area contributed by atoms with Crippen molar-refractivity contribution >= 4 is 29.2 Å². The Hall–Kier alpha value is -1.86. The molecule has 1 heterocycles. The van der Waals surface area contributed by atoms with Crippen LogP contribution >= 0.6 is 23.2 Å². The SMILES string of the molecule is COc1ccc(Cl)c(-c2cc(F)cc(Cl)c2)c1C1C(C(=O)O)NC(CC(C)(C)C)C1N. The summed E-state index contributed by atoms with van der Waals surface area (Å²) in [5, 5.41) is 13.7. The fourth-order valence-corrected chi connectivity index (χ4v) is 4.93. The molecule has 0 aromatic heterocycles. The van der Waals surface area contributed by atoms with Gasteiger partial charge in [-0.15, -0.1) is 0 Å². The van der Waals surface area contributed by atoms with Crippen LogP contribution in [0.5, 0.6) is 5.75 Å². The van der Waals surface area contributed by atoms with Crippen molar-refractivity contribution in [2.75, 3.05) is 7.11 Å². The molecular weight excluding hydrogens is 442 g/mol. The number of nitrogens with one attached hydrogen (secondary N) is 1. The van der Waals surface area contributed by atoms with Crippen LogP contribution in [0.15, 0.2) is 30.3 Å². The second kappa shape index (κ2) is 8.94. The summed E-state index contributed by atoms with van der Waals surface area (Å²) in [7, 11) is 1.49. The van der Waals surface area contributed by atoms with Crippen LogP contribution in [0.1, 0.15) is 38.7 Å². The lowest BCUT2D eigenvalue weighted by Crippen LogP contribution is -2.41. The number of carboxylic acids is 1. The van der Waals surface area contributed by atoms with Gasteiger partial charge in [-0.05, 0) is 47.7 Å². The van der Waals surface area contributed by atoms with E-state index in [4.69, 9.17) is 33.7 Å². The molecule has 0 saturated carbocycles. The van der Waals surface area contributed by atoms with Crippen molar-refractivity contribution in [2.45, 2.75) is 51.2 Å². The van der Waals surface area contributed by atoms with Crippen LogP contribution in [0.2, 0.25) is 10.0 Å². The highest BCUT2D eigenvalue weighted by Gasteiger charge is 2.48. The van der Waals surface area contributed by atoms with Crippen molar-refractivity contribution in [3.05, 3.63) is 51.8 Å². The first kappa shape index (κ1) is 23.8. The molecule has 0 amide bonds. The van der Waals surface area contributed by atoms with Gasteiger partial charge in [-0.25, -0.2) is 4.39 Å². The lowest BCUT2D eigenvalue weighted by atomic mass is 9.79. The lowest BCUT2D eigenvalue weighted by Gasteiger charge is -2.28. The van der Waals surface area contributed by atoms with E-state index < -0.39 is 29.8 Å². The standard InChI is InChI=1S/C23H27Cl2FN2O3/c1-23(2,3)10-15-20(27)19(21(28-15)22(29)30)18-16(31-4)6-5-14(25)17(18)11-7-12(24)9-13(26)8-11/h5-9,15,19-21,28H,10,27H2,1-4H3,(H,29,30). The number of methoxy groups -OCH3 is 1. The van der Waals surface area contributed by atoms with Gasteiger partial charge in [-0.2, -0.15) is 0 Å². The number of hydrogen-bond acceptors (Lipinski definition) is 4. The molecule has 2 aromatic rings. The Bertz CT molecular complexity index is 973. The van der Waals surface area contributed by atoms with Crippen LogP contribution in [0, 0.1) is 11.2 Å². The van der Waals surface area contributed by atoms with Crippen LogP contribution in [-0.4, -0.2) is 36.3 Å². The Labute approximate surface area is 191 Å². The Morgan fingerprint density at radius 1 is 1.26 bits per heavy atom. The molecule has 4 unspecified atom stereocenters. The highest BCUT2D eigenvalue weighted by molar-refractivity contribution is 6.34. The molecule has 0 bridgehead atoms. The van der Waals surface area contributed by atoms with Gasteiger partial charge in [-0.3, -0.25) is 10.1 Å². The molecule has 4 atom stereocenters. The quantitative estimate of drug-likeness (QED) is 0.569. The minimum Gasteiger partial charge on any atom is -0.496 e. The summed E-state index contributed by atoms with van der Waals surface area (Å²) in [6.07, 6.45) is 0.679. The van der Waals surface area contributed by atoms with Gasteiger partial charge in [0.15, 0.2) is 0 Å². The first-order valence-corrected chi connectivity index (χ1v) is 10.8. The van der Waals surface area contributed by atoms with Gasteiger partial charge in [0.2, 0.25) is 0 Å². The number of carboxylic acid groups (broad SMARTS) is 1. The van der Waals surface area contributed by atoms with E-state index in [0.717, 1.165) is 0 Å². The summed E-state index contributed by atoms with van der Waals surface area (Å²) < 4.78 is 19.8. The molecular formula is C23H27Cl2FN2O3. The molecule has 0 spiro atoms. The van der Waals surface area contributed by atoms with Gasteiger partial charge >= 0.3 is 5.97 Å². The zero-order valence-electron chi connectivity index (χ0n) is 17.9. The zero-order valence-corrected chi connectivity index (χ0v) is 19.4. The maximum absolute atomic E-state index is 14.2. The summed E-state index contributed by atoms with van der Waals surface area (Å²) in [6.45, 7) is 6.22. The molecule has 31 heavy (non-hydrogen) atoms. The van der Waals surface area contributed by atoms with E-state index in [9.17, 15) is 14.3 Å². The molecule has 168 valence electrons. The molecule has 1 aliphatic rings. The lowest BCUT2D eigenvalue weighted by molar-refractivity contribution is -0.139. The minimum absolute atomic E-state index is 0.0649. The van der Waals surface area contributed by atoms with Gasteiger partial charge in [0.25, 0.3) is 0 Å². The fourth-order valence-electron chi connectivity index (χ4n) is 4.43. The van der Waals surface area contributed by atoms with Crippen LogP contribution in [-0.2, 0) is 4.79 Å². The molecule has 8 heteroatoms. The first-order valence-electron chi connectivity index (χ1n) is 10.00. The van der Waals surface area contributed by atoms with E-state index >= 15 is 0 Å². The van der Waals surface area contributed by atoms with Crippen molar-refractivity contribution in [1.82, 2.24) is 5.32 Å². The number of halogens is 3. The molecule has 3 rings (SSSR count). The number of hydrogen-bond donors (Lipinski definition) is 3. The van der Waals surface area contributed by atoms with Crippen LogP contribution in [0.4, 0.5) is 4.39 Å². The predicted octanol–water partition coefficient (Wildman–Crippen LogP) is 5.08. The van der Waals surface area contributed by atoms with Crippen LogP contribution < -0.4 is 15.8 Å². The van der Waals surface area contributed by atoms with Crippen molar-refractivity contribution < 1.29 is 19.0 Å². The topological polar surface area (TPSA) is 84.6 Å². The molecule has 0 radical (unpaired) electrons. The first-order chi connectivity index (χ1) is 14.4. The van der Waals surface area contributed by atoms with Gasteiger partial charge in [0.1, 0.15) is 17.6 Å². The zero-order chi connectivity index (χ0) is 23.1. The average Bonchev–Trinajstić information content (AvgIpc) is 2.95. The van der Waals surface area contributed by atoms with E-state index in [1.807, 2.05) is 0 Å². The maximum Gasteiger partial charge on any atom is 0.321 e. The Balaban J connectivity index is 2.24. The van der Waals surface area contributed by atoms with Gasteiger partial charge in [0.05, 0.1) is 7.11 Å². The third-order valence-corrected chi connectivity index (χ3v) is 6.12. The van der Waals surface area contributed by atoms with Crippen LogP contribution in [0.3, 0.4) is 0 Å². The molecule has 2 aromatic carbocycles. The maximum atomic E-state index is 14.2. The average molecular weight is 469 g/mol. The summed E-state index contributed by atoms with van der Waals surface area (Å²) >= 11 is 12.7. The number of aliphatic carboxylic acids is 1. The largest absolute Gasteiger partial charge is 0.496 e. The number of rotatable bonds is 5. The van der Waals surface area contributed by atoms with E-state index in [1.54, 1.807) is 18.2 Å². The normalized spacial score (nSPS) is 23.7. The predicted molar refractivity (Wildman–Crippen MR) is 122 cm³/mol. The molecule has 1 fully saturated rings. The van der Waals surface area contributed by atoms with Gasteiger partial charge < -0.3 is 15.6 Å². The van der Waals surface area contributed by atoms with E-state index in [-0.39, 0.29) is 16.5 Å². The monoisotopic (exact) mass is 468 g/mol. The van der Waals surface area contributed by atoms with Crippen molar-refractivity contribution in [3.63, 3.8) is 0 Å². The van der Waals surface area contributed by atoms with Gasteiger partial charge in [-0.1, -0.05) is 44.0 Å². The van der Waals surface area contributed by atoms with Crippen LogP contribution in [0.25, 0.3) is 11.1 Å². The Morgan fingerprint density at radius 3 is 2.48 bits per heavy atom. The molecule has 4 N–H and O–H groups in total. The second-order valence-electron chi connectivity index (χ2n) is 9.15. The third-order valence-electron chi connectivity index (χ3n) is 5.59. The van der Waals surface area contributed by atoms with Crippen molar-refractivity contribution in [3.8, 4) is 16.9 Å². The van der Waals surface area contributed by atoms with Gasteiger partial charge in [0, 0.05) is 39.2 Å². The second-order valence-corrected chi connectivity index (χ2v) is 10.00. The Morgan fingerprint density at radius 2 is 1.94 bits per heavy atom. The highest BCUT2D eigenvalue weighted by Crippen LogP contribution is 2.46. The Kier molecular flexibility index (Phi) is 6.87. The fraction of sp³-hybridized carbons (Fsp3) is 0.435. The van der Waals surface area contributed by atoms with E-state index in [2.05, 4.69) is 26.1 Å². The molecule has 0 aliphatic carbocycles. The number of ether oxygens (including phenoxy) is 1. The minimum atomic E-state index is -1.03. The summed E-state index contributed by atoms with van der Waals surface area (Å²) in [5.74, 6) is -1.77. The number of benzene rings is 2. The van der Waals surface area contributed by atoms with E-state index in [1.165, 1.54) is 19.2 Å². The highest BCUT2D eigenvalue weighted by atomic mass is 35.5. The van der Waals surface area contributed by atoms with Crippen molar-refractivity contribution in [1.29, 1.82) is 0 Å². The summed E-state index contributed by atoms with van der Waals surface area (Å²) in [5.41, 5.74) is 8.00. The molecule has 5 nitrogen and oxygen atoms in total. The number of carbonyl (C=O) groups is 1. The summed E-state index contributed by atoms with van der Waals surface area (Å²) in [6, 6.07) is 5.67. The third kappa shape index (κ3) is 4.98. The summed E-state index contributed by atoms with van der Waals surface area (Å²) in [4.78, 5) is 12.2. The van der Waals surface area contributed by atoms with E-state index in [0.29, 0.717) is 33.9 Å². The van der Waals surface area contributed by atoms with Crippen molar-refractivity contribution in [2.24, 2.45) is 11.1 Å². The molecule has 1 saturated heterocycles. The molecule has 1 aliphatic heterocycles.